The molecule has 0 aliphatic carbocycles. The number of rotatable bonds is 5. The molecular weight excluding hydrogens is 230 g/mol. The summed E-state index contributed by atoms with van der Waals surface area (Å²) in [5.74, 6) is 0.394. The molecule has 2 nitrogen and oxygen atoms in total. The van der Waals surface area contributed by atoms with Crippen LogP contribution < -0.4 is 0 Å². The Bertz CT molecular complexity index is 385. The Labute approximate surface area is 108 Å². The van der Waals surface area contributed by atoms with Crippen LogP contribution in [0.2, 0.25) is 0 Å². The smallest absolute Gasteiger partial charge is 0.132 e. The molecule has 1 unspecified atom stereocenters. The Balaban J connectivity index is 1.85. The van der Waals surface area contributed by atoms with Gasteiger partial charge >= 0.3 is 0 Å². The molecule has 1 aromatic rings. The van der Waals surface area contributed by atoms with Gasteiger partial charge in [-0.2, -0.15) is 0 Å². The second-order valence-corrected chi connectivity index (χ2v) is 5.76. The zero-order chi connectivity index (χ0) is 12.3. The number of hydrogen-bond donors (Lipinski definition) is 0. The van der Waals surface area contributed by atoms with Crippen molar-refractivity contribution in [2.24, 2.45) is 0 Å². The second-order valence-electron chi connectivity index (χ2n) is 4.76. The number of thiophene rings is 1. The van der Waals surface area contributed by atoms with Crippen molar-refractivity contribution in [3.8, 4) is 0 Å². The van der Waals surface area contributed by atoms with Gasteiger partial charge in [0.15, 0.2) is 0 Å². The molecule has 0 aromatic carbocycles. The van der Waals surface area contributed by atoms with Crippen LogP contribution in [0.25, 0.3) is 0 Å². The number of ketones is 1. The minimum atomic E-state index is 0.394. The summed E-state index contributed by atoms with van der Waals surface area (Å²) in [5, 5.41) is 2.20. The number of fused-ring (bicyclic) bond motifs is 1. The summed E-state index contributed by atoms with van der Waals surface area (Å²) in [5.41, 5.74) is 1.50. The number of carbonyl (C=O) groups excluding carboxylic acids is 1. The molecule has 0 amide bonds. The average Bonchev–Trinajstić information content (AvgIpc) is 2.81. The standard InChI is InChI=1S/C14H21NOS/c1-3-12(16)5-4-8-15-9-6-14-13(11(15)2)7-10-17-14/h7,10-11H,3-6,8-9H2,1-2H3. The van der Waals surface area contributed by atoms with E-state index in [0.29, 0.717) is 18.2 Å². The van der Waals surface area contributed by atoms with Gasteiger partial charge in [-0.1, -0.05) is 6.92 Å². The van der Waals surface area contributed by atoms with Crippen LogP contribution in [0.3, 0.4) is 0 Å². The summed E-state index contributed by atoms with van der Waals surface area (Å²) in [6, 6.07) is 2.79. The first-order chi connectivity index (χ1) is 8.22. The van der Waals surface area contributed by atoms with Crippen LogP contribution in [0.5, 0.6) is 0 Å². The predicted molar refractivity (Wildman–Crippen MR) is 72.5 cm³/mol. The molecule has 0 radical (unpaired) electrons. The van der Waals surface area contributed by atoms with Crippen LogP contribution in [-0.2, 0) is 11.2 Å². The minimum Gasteiger partial charge on any atom is -0.300 e. The quantitative estimate of drug-likeness (QED) is 0.799. The minimum absolute atomic E-state index is 0.394. The first kappa shape index (κ1) is 12.8. The fraction of sp³-hybridized carbons (Fsp3) is 0.643. The van der Waals surface area contributed by atoms with Gasteiger partial charge in [0.1, 0.15) is 5.78 Å². The molecule has 94 valence electrons. The van der Waals surface area contributed by atoms with Crippen LogP contribution in [0.15, 0.2) is 11.4 Å². The molecule has 0 spiro atoms. The molecule has 0 N–H and O–H groups in total. The van der Waals surface area contributed by atoms with E-state index >= 15 is 0 Å². The zero-order valence-electron chi connectivity index (χ0n) is 10.7. The van der Waals surface area contributed by atoms with Gasteiger partial charge in [0, 0.05) is 30.3 Å². The maximum Gasteiger partial charge on any atom is 0.132 e. The highest BCUT2D eigenvalue weighted by Gasteiger charge is 2.23. The molecule has 3 heteroatoms. The molecule has 2 rings (SSSR count). The second kappa shape index (κ2) is 5.78. The average molecular weight is 251 g/mol. The molecular formula is C14H21NOS. The van der Waals surface area contributed by atoms with E-state index in [4.69, 9.17) is 0 Å². The lowest BCUT2D eigenvalue weighted by Crippen LogP contribution is -2.34. The fourth-order valence-corrected chi connectivity index (χ4v) is 3.49. The predicted octanol–water partition coefficient (Wildman–Crippen LogP) is 3.43. The lowest BCUT2D eigenvalue weighted by molar-refractivity contribution is -0.118. The third-order valence-electron chi connectivity index (χ3n) is 3.70. The van der Waals surface area contributed by atoms with Gasteiger partial charge in [-0.3, -0.25) is 9.69 Å². The van der Waals surface area contributed by atoms with Crippen LogP contribution in [-0.4, -0.2) is 23.8 Å². The van der Waals surface area contributed by atoms with Gasteiger partial charge in [0.2, 0.25) is 0 Å². The number of hydrogen-bond acceptors (Lipinski definition) is 3. The summed E-state index contributed by atoms with van der Waals surface area (Å²) in [6.45, 7) is 6.44. The maximum absolute atomic E-state index is 11.3. The van der Waals surface area contributed by atoms with Crippen molar-refractivity contribution in [2.75, 3.05) is 13.1 Å². The van der Waals surface area contributed by atoms with Gasteiger partial charge < -0.3 is 0 Å². The molecule has 1 aliphatic heterocycles. The lowest BCUT2D eigenvalue weighted by atomic mass is 10.0. The van der Waals surface area contributed by atoms with Crippen molar-refractivity contribution in [3.05, 3.63) is 21.9 Å². The molecule has 0 saturated carbocycles. The van der Waals surface area contributed by atoms with Crippen molar-refractivity contribution < 1.29 is 4.79 Å². The van der Waals surface area contributed by atoms with Gasteiger partial charge in [-0.15, -0.1) is 11.3 Å². The first-order valence-electron chi connectivity index (χ1n) is 6.54. The van der Waals surface area contributed by atoms with Crippen molar-refractivity contribution >= 4 is 17.1 Å². The molecule has 1 aliphatic rings. The van der Waals surface area contributed by atoms with Crippen molar-refractivity contribution in [1.82, 2.24) is 4.90 Å². The van der Waals surface area contributed by atoms with E-state index in [-0.39, 0.29) is 0 Å². The summed E-state index contributed by atoms with van der Waals surface area (Å²) in [4.78, 5) is 15.3. The van der Waals surface area contributed by atoms with E-state index in [1.165, 1.54) is 12.0 Å². The van der Waals surface area contributed by atoms with E-state index in [0.717, 1.165) is 25.9 Å². The number of carbonyl (C=O) groups is 1. The molecule has 1 aromatic heterocycles. The molecule has 0 bridgehead atoms. The summed E-state index contributed by atoms with van der Waals surface area (Å²) >= 11 is 1.88. The monoisotopic (exact) mass is 251 g/mol. The highest BCUT2D eigenvalue weighted by molar-refractivity contribution is 7.10. The Morgan fingerprint density at radius 1 is 1.59 bits per heavy atom. The number of nitrogens with zero attached hydrogens (tertiary/aromatic N) is 1. The van der Waals surface area contributed by atoms with Crippen molar-refractivity contribution in [1.29, 1.82) is 0 Å². The van der Waals surface area contributed by atoms with E-state index < -0.39 is 0 Å². The van der Waals surface area contributed by atoms with Gasteiger partial charge in [0.05, 0.1) is 0 Å². The zero-order valence-corrected chi connectivity index (χ0v) is 11.6. The Morgan fingerprint density at radius 2 is 2.41 bits per heavy atom. The van der Waals surface area contributed by atoms with Crippen LogP contribution in [0.1, 0.15) is 49.6 Å². The first-order valence-corrected chi connectivity index (χ1v) is 7.42. The summed E-state index contributed by atoms with van der Waals surface area (Å²) in [6.07, 6.45) is 3.62. The van der Waals surface area contributed by atoms with E-state index in [1.807, 2.05) is 18.3 Å². The highest BCUT2D eigenvalue weighted by Crippen LogP contribution is 2.32. The Morgan fingerprint density at radius 3 is 3.18 bits per heavy atom. The summed E-state index contributed by atoms with van der Waals surface area (Å²) in [7, 11) is 0. The molecule has 1 atom stereocenters. The Kier molecular flexibility index (Phi) is 4.35. The number of Topliss-reactive ketones (excluding diaryl/α,β-unsaturated/α-hetero) is 1. The van der Waals surface area contributed by atoms with Crippen molar-refractivity contribution in [2.45, 2.75) is 45.6 Å². The summed E-state index contributed by atoms with van der Waals surface area (Å²) < 4.78 is 0. The van der Waals surface area contributed by atoms with Crippen molar-refractivity contribution in [3.63, 3.8) is 0 Å². The molecule has 2 heterocycles. The van der Waals surface area contributed by atoms with Gasteiger partial charge in [-0.05, 0) is 43.3 Å². The third kappa shape index (κ3) is 2.96. The normalized spacial score (nSPS) is 20.2. The highest BCUT2D eigenvalue weighted by atomic mass is 32.1. The van der Waals surface area contributed by atoms with E-state index in [9.17, 15) is 4.79 Å². The molecule has 0 saturated heterocycles. The maximum atomic E-state index is 11.3. The SMILES string of the molecule is CCC(=O)CCCN1CCc2sccc2C1C. The lowest BCUT2D eigenvalue weighted by Gasteiger charge is -2.33. The molecule has 0 fully saturated rings. The topological polar surface area (TPSA) is 20.3 Å². The van der Waals surface area contributed by atoms with E-state index in [1.54, 1.807) is 4.88 Å². The van der Waals surface area contributed by atoms with Crippen LogP contribution >= 0.6 is 11.3 Å². The van der Waals surface area contributed by atoms with Crippen LogP contribution in [0, 0.1) is 0 Å². The Hall–Kier alpha value is -0.670. The largest absolute Gasteiger partial charge is 0.300 e. The van der Waals surface area contributed by atoms with E-state index in [2.05, 4.69) is 23.3 Å². The molecule has 17 heavy (non-hydrogen) atoms. The van der Waals surface area contributed by atoms with Gasteiger partial charge in [-0.25, -0.2) is 0 Å². The fourth-order valence-electron chi connectivity index (χ4n) is 2.52. The van der Waals surface area contributed by atoms with Gasteiger partial charge in [0.25, 0.3) is 0 Å². The third-order valence-corrected chi connectivity index (χ3v) is 4.70. The van der Waals surface area contributed by atoms with Crippen LogP contribution in [0.4, 0.5) is 0 Å².